The number of carbonyl (C=O) groups is 2. The Kier molecular flexibility index (Phi) is 5.57. The Morgan fingerprint density at radius 3 is 2.69 bits per heavy atom. The van der Waals surface area contributed by atoms with Crippen LogP contribution in [0.15, 0.2) is 30.3 Å². The van der Waals surface area contributed by atoms with Crippen molar-refractivity contribution in [3.05, 3.63) is 57.5 Å². The van der Waals surface area contributed by atoms with Crippen LogP contribution >= 0.6 is 11.3 Å². The minimum absolute atomic E-state index is 0.248. The molecule has 26 heavy (non-hydrogen) atoms. The van der Waals surface area contributed by atoms with Gasteiger partial charge >= 0.3 is 5.97 Å². The van der Waals surface area contributed by atoms with E-state index in [-0.39, 0.29) is 11.9 Å². The van der Waals surface area contributed by atoms with Crippen LogP contribution in [0, 0.1) is 12.8 Å². The lowest BCUT2D eigenvalue weighted by atomic mass is 9.88. The standard InChI is InChI=1S/C21H23NO3S/c1-13-4-7-15(8-5-13)9-11-18(23)22-20-19(21(24)25-3)16-10-6-14(2)12-17(16)26-20/h4-5,7-9,11,14H,6,10,12H2,1-3H3,(H,22,23). The number of carbonyl (C=O) groups excluding carboxylic acids is 2. The van der Waals surface area contributed by atoms with Gasteiger partial charge in [0.1, 0.15) is 5.00 Å². The van der Waals surface area contributed by atoms with Gasteiger partial charge in [0, 0.05) is 11.0 Å². The van der Waals surface area contributed by atoms with Crippen LogP contribution in [0.1, 0.15) is 45.3 Å². The van der Waals surface area contributed by atoms with Gasteiger partial charge in [-0.2, -0.15) is 0 Å². The molecule has 1 heterocycles. The zero-order valence-electron chi connectivity index (χ0n) is 15.3. The molecule has 1 aliphatic carbocycles. The highest BCUT2D eigenvalue weighted by molar-refractivity contribution is 7.17. The zero-order valence-corrected chi connectivity index (χ0v) is 16.1. The van der Waals surface area contributed by atoms with Crippen LogP contribution < -0.4 is 5.32 Å². The van der Waals surface area contributed by atoms with Crippen molar-refractivity contribution < 1.29 is 14.3 Å². The predicted molar refractivity (Wildman–Crippen MR) is 106 cm³/mol. The van der Waals surface area contributed by atoms with Gasteiger partial charge in [0.2, 0.25) is 5.91 Å². The number of thiophene rings is 1. The van der Waals surface area contributed by atoms with Crippen molar-refractivity contribution in [2.45, 2.75) is 33.1 Å². The highest BCUT2D eigenvalue weighted by atomic mass is 32.1. The minimum atomic E-state index is -0.380. The quantitative estimate of drug-likeness (QED) is 0.632. The number of nitrogens with one attached hydrogen (secondary N) is 1. The highest BCUT2D eigenvalue weighted by Gasteiger charge is 2.28. The normalized spacial score (nSPS) is 16.3. The van der Waals surface area contributed by atoms with Crippen LogP contribution in [0.2, 0.25) is 0 Å². The van der Waals surface area contributed by atoms with Crippen molar-refractivity contribution in [2.24, 2.45) is 5.92 Å². The Labute approximate surface area is 157 Å². The Morgan fingerprint density at radius 2 is 2.00 bits per heavy atom. The first-order valence-corrected chi connectivity index (χ1v) is 9.58. The van der Waals surface area contributed by atoms with Gasteiger partial charge < -0.3 is 10.1 Å². The molecular weight excluding hydrogens is 346 g/mol. The van der Waals surface area contributed by atoms with Crippen molar-refractivity contribution in [2.75, 3.05) is 12.4 Å². The lowest BCUT2D eigenvalue weighted by Crippen LogP contribution is -2.14. The van der Waals surface area contributed by atoms with Gasteiger partial charge in [0.25, 0.3) is 0 Å². The Bertz CT molecular complexity index is 849. The number of hydrogen-bond donors (Lipinski definition) is 1. The molecule has 1 aromatic carbocycles. The lowest BCUT2D eigenvalue weighted by Gasteiger charge is -2.18. The molecule has 1 aromatic heterocycles. The van der Waals surface area contributed by atoms with Crippen molar-refractivity contribution >= 4 is 34.3 Å². The molecule has 1 aliphatic rings. The molecule has 0 bridgehead atoms. The van der Waals surface area contributed by atoms with E-state index in [1.807, 2.05) is 31.2 Å². The fourth-order valence-electron chi connectivity index (χ4n) is 3.16. The molecule has 1 unspecified atom stereocenters. The van der Waals surface area contributed by atoms with Crippen LogP contribution in [0.25, 0.3) is 6.08 Å². The van der Waals surface area contributed by atoms with Crippen LogP contribution in [-0.4, -0.2) is 19.0 Å². The smallest absolute Gasteiger partial charge is 0.341 e. The van der Waals surface area contributed by atoms with Gasteiger partial charge in [-0.25, -0.2) is 4.79 Å². The first-order valence-electron chi connectivity index (χ1n) is 8.76. The second-order valence-electron chi connectivity index (χ2n) is 6.78. The SMILES string of the molecule is COC(=O)c1c(NC(=O)C=Cc2ccc(C)cc2)sc2c1CCC(C)C2. The summed E-state index contributed by atoms with van der Waals surface area (Å²) in [5, 5.41) is 3.46. The maximum Gasteiger partial charge on any atom is 0.341 e. The summed E-state index contributed by atoms with van der Waals surface area (Å²) in [4.78, 5) is 25.8. The molecule has 5 heteroatoms. The van der Waals surface area contributed by atoms with E-state index in [0.29, 0.717) is 16.5 Å². The molecule has 4 nitrogen and oxygen atoms in total. The van der Waals surface area contributed by atoms with Gasteiger partial charge in [0.05, 0.1) is 12.7 Å². The third-order valence-corrected chi connectivity index (χ3v) is 5.81. The molecule has 136 valence electrons. The number of fused-ring (bicyclic) bond motifs is 1. The van der Waals surface area contributed by atoms with E-state index in [2.05, 4.69) is 12.2 Å². The van der Waals surface area contributed by atoms with E-state index in [1.54, 1.807) is 6.08 Å². The molecule has 3 rings (SSSR count). The average molecular weight is 369 g/mol. The van der Waals surface area contributed by atoms with Crippen molar-refractivity contribution in [3.63, 3.8) is 0 Å². The fourth-order valence-corrected chi connectivity index (χ4v) is 4.56. The van der Waals surface area contributed by atoms with Gasteiger partial charge in [-0.3, -0.25) is 4.79 Å². The molecule has 0 saturated carbocycles. The van der Waals surface area contributed by atoms with Crippen molar-refractivity contribution in [1.29, 1.82) is 0 Å². The van der Waals surface area contributed by atoms with E-state index in [9.17, 15) is 9.59 Å². The molecule has 1 atom stereocenters. The first-order chi connectivity index (χ1) is 12.5. The average Bonchev–Trinajstić information content (AvgIpc) is 2.97. The molecule has 1 amide bonds. The van der Waals surface area contributed by atoms with Crippen LogP contribution in [0.3, 0.4) is 0 Å². The summed E-state index contributed by atoms with van der Waals surface area (Å²) in [6.45, 7) is 4.23. The summed E-state index contributed by atoms with van der Waals surface area (Å²) < 4.78 is 4.95. The van der Waals surface area contributed by atoms with Gasteiger partial charge in [-0.05, 0) is 49.3 Å². The maximum absolute atomic E-state index is 12.3. The molecule has 2 aromatic rings. The van der Waals surface area contributed by atoms with E-state index < -0.39 is 0 Å². The third-order valence-electron chi connectivity index (χ3n) is 4.64. The topological polar surface area (TPSA) is 55.4 Å². The third kappa shape index (κ3) is 4.05. The number of aryl methyl sites for hydroxylation is 1. The molecule has 0 radical (unpaired) electrons. The summed E-state index contributed by atoms with van der Waals surface area (Å²) >= 11 is 1.49. The number of benzene rings is 1. The summed E-state index contributed by atoms with van der Waals surface area (Å²) in [6, 6.07) is 7.93. The largest absolute Gasteiger partial charge is 0.465 e. The summed E-state index contributed by atoms with van der Waals surface area (Å²) in [6.07, 6.45) is 6.11. The Hall–Kier alpha value is -2.40. The lowest BCUT2D eigenvalue weighted by molar-refractivity contribution is -0.111. The van der Waals surface area contributed by atoms with Crippen LogP contribution in [0.5, 0.6) is 0 Å². The number of anilines is 1. The maximum atomic E-state index is 12.3. The zero-order chi connectivity index (χ0) is 18.7. The van der Waals surface area contributed by atoms with E-state index in [4.69, 9.17) is 4.74 Å². The van der Waals surface area contributed by atoms with Gasteiger partial charge in [0.15, 0.2) is 0 Å². The highest BCUT2D eigenvalue weighted by Crippen LogP contribution is 2.40. The minimum Gasteiger partial charge on any atom is -0.465 e. The van der Waals surface area contributed by atoms with E-state index in [1.165, 1.54) is 35.0 Å². The van der Waals surface area contributed by atoms with Crippen molar-refractivity contribution in [1.82, 2.24) is 0 Å². The Balaban J connectivity index is 1.81. The van der Waals surface area contributed by atoms with Gasteiger partial charge in [-0.1, -0.05) is 36.8 Å². The van der Waals surface area contributed by atoms with Crippen LogP contribution in [0.4, 0.5) is 5.00 Å². The fraction of sp³-hybridized carbons (Fsp3) is 0.333. The molecule has 1 N–H and O–H groups in total. The molecular formula is C21H23NO3S. The van der Waals surface area contributed by atoms with E-state index >= 15 is 0 Å². The number of ether oxygens (including phenoxy) is 1. The number of hydrogen-bond acceptors (Lipinski definition) is 4. The first kappa shape index (κ1) is 18.4. The molecule has 0 aliphatic heterocycles. The number of amides is 1. The summed E-state index contributed by atoms with van der Waals surface area (Å²) in [5.74, 6) is -0.0335. The molecule has 0 fully saturated rings. The van der Waals surface area contributed by atoms with E-state index in [0.717, 1.165) is 30.4 Å². The number of rotatable bonds is 4. The second kappa shape index (κ2) is 7.87. The monoisotopic (exact) mass is 369 g/mol. The predicted octanol–water partition coefficient (Wildman–Crippen LogP) is 4.62. The summed E-state index contributed by atoms with van der Waals surface area (Å²) in [7, 11) is 1.38. The molecule has 0 saturated heterocycles. The second-order valence-corrected chi connectivity index (χ2v) is 7.89. The number of esters is 1. The Morgan fingerprint density at radius 1 is 1.27 bits per heavy atom. The molecule has 0 spiro atoms. The van der Waals surface area contributed by atoms with Crippen molar-refractivity contribution in [3.8, 4) is 0 Å². The van der Waals surface area contributed by atoms with Crippen LogP contribution in [-0.2, 0) is 22.4 Å². The number of methoxy groups -OCH3 is 1. The summed E-state index contributed by atoms with van der Waals surface area (Å²) in [5.41, 5.74) is 3.69. The van der Waals surface area contributed by atoms with Gasteiger partial charge in [-0.15, -0.1) is 11.3 Å².